The quantitative estimate of drug-likeness (QED) is 0.498. The van der Waals surface area contributed by atoms with Crippen molar-refractivity contribution in [2.24, 2.45) is 10.9 Å². The van der Waals surface area contributed by atoms with Crippen molar-refractivity contribution in [3.05, 3.63) is 52.2 Å². The van der Waals surface area contributed by atoms with Crippen LogP contribution in [0.4, 0.5) is 18.9 Å². The molecule has 0 aliphatic heterocycles. The Bertz CT molecular complexity index is 700. The molecule has 0 aliphatic rings. The smallest absolute Gasteiger partial charge is 0.384 e. The second-order valence-corrected chi connectivity index (χ2v) is 5.17. The van der Waals surface area contributed by atoms with Gasteiger partial charge >= 0.3 is 6.18 Å². The predicted octanol–water partition coefficient (Wildman–Crippen LogP) is 3.04. The Kier molecular flexibility index (Phi) is 5.22. The van der Waals surface area contributed by atoms with Crippen LogP contribution in [-0.4, -0.2) is 18.3 Å². The average Bonchev–Trinajstić information content (AvgIpc) is 3.00. The van der Waals surface area contributed by atoms with Crippen molar-refractivity contribution in [2.45, 2.75) is 6.18 Å². The van der Waals surface area contributed by atoms with Crippen molar-refractivity contribution in [1.29, 1.82) is 0 Å². The summed E-state index contributed by atoms with van der Waals surface area (Å²) >= 11 is 1.43. The molecular formula is C14H12F3N3O2S. The second-order valence-electron chi connectivity index (χ2n) is 4.39. The van der Waals surface area contributed by atoms with Gasteiger partial charge in [0, 0.05) is 16.6 Å². The van der Waals surface area contributed by atoms with Gasteiger partial charge in [0.05, 0.1) is 5.56 Å². The van der Waals surface area contributed by atoms with Gasteiger partial charge in [0.2, 0.25) is 0 Å². The number of anilines is 1. The van der Waals surface area contributed by atoms with Gasteiger partial charge in [-0.3, -0.25) is 4.79 Å². The van der Waals surface area contributed by atoms with Crippen LogP contribution in [0.3, 0.4) is 0 Å². The molecule has 1 heterocycles. The maximum Gasteiger partial charge on any atom is 0.416 e. The highest BCUT2D eigenvalue weighted by atomic mass is 32.1. The van der Waals surface area contributed by atoms with Crippen molar-refractivity contribution in [3.63, 3.8) is 0 Å². The highest BCUT2D eigenvalue weighted by Gasteiger charge is 2.30. The van der Waals surface area contributed by atoms with E-state index in [1.807, 2.05) is 0 Å². The highest BCUT2D eigenvalue weighted by Crippen LogP contribution is 2.30. The summed E-state index contributed by atoms with van der Waals surface area (Å²) in [4.78, 5) is 16.4. The molecule has 0 saturated heterocycles. The molecule has 2 rings (SSSR count). The molecule has 1 aromatic carbocycles. The molecular weight excluding hydrogens is 331 g/mol. The molecule has 2 aromatic rings. The number of amidine groups is 1. The minimum atomic E-state index is -4.48. The van der Waals surface area contributed by atoms with E-state index in [1.165, 1.54) is 23.5 Å². The van der Waals surface area contributed by atoms with Crippen molar-refractivity contribution >= 4 is 28.8 Å². The van der Waals surface area contributed by atoms with Gasteiger partial charge in [-0.25, -0.2) is 0 Å². The SMILES string of the molecule is NC(=NOCC(=O)Nc1cccc(C(F)(F)F)c1)c1ccsc1. The molecule has 3 N–H and O–H groups in total. The zero-order valence-corrected chi connectivity index (χ0v) is 12.4. The zero-order valence-electron chi connectivity index (χ0n) is 11.6. The van der Waals surface area contributed by atoms with Crippen LogP contribution in [0, 0.1) is 0 Å². The van der Waals surface area contributed by atoms with Crippen LogP contribution in [0.2, 0.25) is 0 Å². The van der Waals surface area contributed by atoms with Crippen LogP contribution in [0.1, 0.15) is 11.1 Å². The van der Waals surface area contributed by atoms with Gasteiger partial charge in [-0.05, 0) is 29.6 Å². The third-order valence-electron chi connectivity index (χ3n) is 2.65. The van der Waals surface area contributed by atoms with Gasteiger partial charge in [0.25, 0.3) is 5.91 Å². The Labute approximate surface area is 133 Å². The summed E-state index contributed by atoms with van der Waals surface area (Å²) in [6.07, 6.45) is -4.48. The highest BCUT2D eigenvalue weighted by molar-refractivity contribution is 7.08. The number of nitrogens with zero attached hydrogens (tertiary/aromatic N) is 1. The summed E-state index contributed by atoms with van der Waals surface area (Å²) in [7, 11) is 0. The van der Waals surface area contributed by atoms with Gasteiger partial charge in [0.15, 0.2) is 12.4 Å². The minimum Gasteiger partial charge on any atom is -0.384 e. The molecule has 0 spiro atoms. The Hall–Kier alpha value is -2.55. The van der Waals surface area contributed by atoms with E-state index in [-0.39, 0.29) is 11.5 Å². The number of thiophene rings is 1. The molecule has 0 unspecified atom stereocenters. The van der Waals surface area contributed by atoms with Gasteiger partial charge < -0.3 is 15.9 Å². The minimum absolute atomic E-state index is 0.0169. The van der Waals surface area contributed by atoms with E-state index in [4.69, 9.17) is 10.6 Å². The molecule has 0 fully saturated rings. The summed E-state index contributed by atoms with van der Waals surface area (Å²) in [5, 5.41) is 9.41. The lowest BCUT2D eigenvalue weighted by atomic mass is 10.2. The summed E-state index contributed by atoms with van der Waals surface area (Å²) in [5.74, 6) is -0.538. The van der Waals surface area contributed by atoms with E-state index in [0.717, 1.165) is 12.1 Å². The van der Waals surface area contributed by atoms with Crippen LogP contribution >= 0.6 is 11.3 Å². The van der Waals surface area contributed by atoms with E-state index in [0.29, 0.717) is 5.56 Å². The van der Waals surface area contributed by atoms with Gasteiger partial charge in [-0.1, -0.05) is 11.2 Å². The zero-order chi connectivity index (χ0) is 16.9. The molecule has 0 aliphatic carbocycles. The molecule has 122 valence electrons. The Morgan fingerprint density at radius 1 is 1.35 bits per heavy atom. The number of amides is 1. The summed E-state index contributed by atoms with van der Waals surface area (Å²) in [6.45, 7) is -0.471. The fraction of sp³-hybridized carbons (Fsp3) is 0.143. The van der Waals surface area contributed by atoms with E-state index < -0.39 is 24.3 Å². The molecule has 5 nitrogen and oxygen atoms in total. The lowest BCUT2D eigenvalue weighted by Gasteiger charge is -2.09. The molecule has 23 heavy (non-hydrogen) atoms. The molecule has 1 amide bonds. The largest absolute Gasteiger partial charge is 0.416 e. The van der Waals surface area contributed by atoms with Crippen LogP contribution in [0.25, 0.3) is 0 Å². The first-order valence-corrected chi connectivity index (χ1v) is 7.25. The molecule has 0 bridgehead atoms. The van der Waals surface area contributed by atoms with Crippen LogP contribution in [0.15, 0.2) is 46.2 Å². The molecule has 0 atom stereocenters. The normalized spacial score (nSPS) is 12.0. The first kappa shape index (κ1) is 16.8. The maximum absolute atomic E-state index is 12.6. The van der Waals surface area contributed by atoms with Gasteiger partial charge in [-0.15, -0.1) is 0 Å². The summed E-state index contributed by atoms with van der Waals surface area (Å²) in [5.41, 5.74) is 5.45. The number of nitrogens with two attached hydrogens (primary N) is 1. The van der Waals surface area contributed by atoms with E-state index in [2.05, 4.69) is 10.5 Å². The standard InChI is InChI=1S/C14H12F3N3O2S/c15-14(16,17)10-2-1-3-11(6-10)19-12(21)7-22-20-13(18)9-4-5-23-8-9/h1-6,8H,7H2,(H2,18,20)(H,19,21). The van der Waals surface area contributed by atoms with E-state index in [1.54, 1.807) is 16.8 Å². The van der Waals surface area contributed by atoms with Crippen molar-refractivity contribution in [2.75, 3.05) is 11.9 Å². The molecule has 0 radical (unpaired) electrons. The Balaban J connectivity index is 1.89. The average molecular weight is 343 g/mol. The fourth-order valence-corrected chi connectivity index (χ4v) is 2.24. The lowest BCUT2D eigenvalue weighted by molar-refractivity contribution is -0.137. The van der Waals surface area contributed by atoms with Gasteiger partial charge in [-0.2, -0.15) is 24.5 Å². The second kappa shape index (κ2) is 7.14. The van der Waals surface area contributed by atoms with Crippen molar-refractivity contribution in [1.82, 2.24) is 0 Å². The number of benzene rings is 1. The first-order chi connectivity index (χ1) is 10.9. The number of hydrogen-bond donors (Lipinski definition) is 2. The van der Waals surface area contributed by atoms with E-state index >= 15 is 0 Å². The van der Waals surface area contributed by atoms with E-state index in [9.17, 15) is 18.0 Å². The third-order valence-corrected chi connectivity index (χ3v) is 3.33. The predicted molar refractivity (Wildman–Crippen MR) is 81.1 cm³/mol. The monoisotopic (exact) mass is 343 g/mol. The summed E-state index contributed by atoms with van der Waals surface area (Å²) < 4.78 is 37.7. The lowest BCUT2D eigenvalue weighted by Crippen LogP contribution is -2.19. The Morgan fingerprint density at radius 3 is 2.78 bits per heavy atom. The number of halogens is 3. The third kappa shape index (κ3) is 4.99. The van der Waals surface area contributed by atoms with Crippen molar-refractivity contribution in [3.8, 4) is 0 Å². The first-order valence-electron chi connectivity index (χ1n) is 6.31. The molecule has 0 saturated carbocycles. The van der Waals surface area contributed by atoms with Crippen LogP contribution in [0.5, 0.6) is 0 Å². The number of nitrogens with one attached hydrogen (secondary N) is 1. The van der Waals surface area contributed by atoms with Crippen molar-refractivity contribution < 1.29 is 22.8 Å². The Morgan fingerprint density at radius 2 is 2.13 bits per heavy atom. The maximum atomic E-state index is 12.6. The number of rotatable bonds is 5. The number of hydrogen-bond acceptors (Lipinski definition) is 4. The van der Waals surface area contributed by atoms with Gasteiger partial charge in [0.1, 0.15) is 0 Å². The molecule has 1 aromatic heterocycles. The van der Waals surface area contributed by atoms with Crippen LogP contribution in [-0.2, 0) is 15.8 Å². The number of carbonyl (C=O) groups is 1. The topological polar surface area (TPSA) is 76.7 Å². The number of carbonyl (C=O) groups excluding carboxylic acids is 1. The van der Waals surface area contributed by atoms with Crippen LogP contribution < -0.4 is 11.1 Å². The molecule has 9 heteroatoms. The summed E-state index contributed by atoms with van der Waals surface area (Å²) in [6, 6.07) is 6.02. The fourth-order valence-electron chi connectivity index (χ4n) is 1.59. The number of oxime groups is 1. The number of alkyl halides is 3.